The lowest BCUT2D eigenvalue weighted by molar-refractivity contribution is -0.131. The van der Waals surface area contributed by atoms with Crippen LogP contribution in [-0.4, -0.2) is 18.0 Å². The largest absolute Gasteiger partial charge is 0.483 e. The molecule has 0 bridgehead atoms. The van der Waals surface area contributed by atoms with E-state index in [0.29, 0.717) is 11.5 Å². The van der Waals surface area contributed by atoms with Crippen molar-refractivity contribution in [2.75, 3.05) is 0 Å². The summed E-state index contributed by atoms with van der Waals surface area (Å²) in [5.74, 6) is 1.30. The number of benzene rings is 2. The highest BCUT2D eigenvalue weighted by atomic mass is 16.5. The fourth-order valence-corrected chi connectivity index (χ4v) is 2.09. The maximum absolute atomic E-state index is 12.3. The Kier molecular flexibility index (Phi) is 5.21. The third kappa shape index (κ3) is 4.35. The summed E-state index contributed by atoms with van der Waals surface area (Å²) in [5, 5.41) is 0. The molecular formula is C19H22O3. The van der Waals surface area contributed by atoms with E-state index in [2.05, 4.69) is 0 Å². The third-order valence-electron chi connectivity index (χ3n) is 3.47. The number of hydrogen-bond donors (Lipinski definition) is 0. The van der Waals surface area contributed by atoms with Crippen LogP contribution in [0.5, 0.6) is 11.5 Å². The van der Waals surface area contributed by atoms with Gasteiger partial charge in [-0.2, -0.15) is 0 Å². The van der Waals surface area contributed by atoms with E-state index in [1.54, 1.807) is 13.8 Å². The van der Waals surface area contributed by atoms with Crippen LogP contribution < -0.4 is 9.47 Å². The van der Waals surface area contributed by atoms with E-state index in [1.807, 2.05) is 62.4 Å². The average molecular weight is 298 g/mol. The summed E-state index contributed by atoms with van der Waals surface area (Å²) in [4.78, 5) is 12.3. The lowest BCUT2D eigenvalue weighted by Gasteiger charge is -2.19. The first-order chi connectivity index (χ1) is 10.5. The Balaban J connectivity index is 1.94. The van der Waals surface area contributed by atoms with Crippen molar-refractivity contribution in [3.63, 3.8) is 0 Å². The fraction of sp³-hybridized carbons (Fsp3) is 0.316. The number of carbonyl (C=O) groups excluding carboxylic acids is 1. The predicted molar refractivity (Wildman–Crippen MR) is 87.5 cm³/mol. The first kappa shape index (κ1) is 16.1. The van der Waals surface area contributed by atoms with Crippen LogP contribution in [0.4, 0.5) is 0 Å². The average Bonchev–Trinajstić information content (AvgIpc) is 2.51. The Morgan fingerprint density at radius 1 is 0.727 bits per heavy atom. The van der Waals surface area contributed by atoms with E-state index in [0.717, 1.165) is 11.1 Å². The van der Waals surface area contributed by atoms with Crippen molar-refractivity contribution in [2.45, 2.75) is 39.9 Å². The van der Waals surface area contributed by atoms with Crippen molar-refractivity contribution in [1.82, 2.24) is 0 Å². The normalized spacial score (nSPS) is 13.3. The molecule has 0 aromatic heterocycles. The topological polar surface area (TPSA) is 35.5 Å². The molecular weight excluding hydrogens is 276 g/mol. The van der Waals surface area contributed by atoms with Gasteiger partial charge in [-0.3, -0.25) is 4.79 Å². The number of carbonyl (C=O) groups is 1. The van der Waals surface area contributed by atoms with Crippen molar-refractivity contribution in [2.24, 2.45) is 0 Å². The summed E-state index contributed by atoms with van der Waals surface area (Å²) in [6, 6.07) is 15.3. The van der Waals surface area contributed by atoms with Gasteiger partial charge in [0.1, 0.15) is 11.5 Å². The van der Waals surface area contributed by atoms with Gasteiger partial charge in [0.15, 0.2) is 12.2 Å². The molecule has 0 heterocycles. The SMILES string of the molecule is Cc1ccc(O[C@@H](C)C(=O)[C@H](C)Oc2ccc(C)cc2)cc1. The van der Waals surface area contributed by atoms with Crippen molar-refractivity contribution in [1.29, 1.82) is 0 Å². The molecule has 0 radical (unpaired) electrons. The first-order valence-corrected chi connectivity index (χ1v) is 7.46. The van der Waals surface area contributed by atoms with E-state index in [1.165, 1.54) is 0 Å². The highest BCUT2D eigenvalue weighted by molar-refractivity contribution is 5.87. The quantitative estimate of drug-likeness (QED) is 0.805. The number of ketones is 1. The number of hydrogen-bond acceptors (Lipinski definition) is 3. The minimum Gasteiger partial charge on any atom is -0.483 e. The number of Topliss-reactive ketones (excluding diaryl/α,β-unsaturated/α-hetero) is 1. The fourth-order valence-electron chi connectivity index (χ4n) is 2.09. The van der Waals surface area contributed by atoms with Gasteiger partial charge < -0.3 is 9.47 Å². The Morgan fingerprint density at radius 2 is 1.05 bits per heavy atom. The Hall–Kier alpha value is -2.29. The van der Waals surface area contributed by atoms with Crippen molar-refractivity contribution in [3.8, 4) is 11.5 Å². The lowest BCUT2D eigenvalue weighted by atomic mass is 10.1. The van der Waals surface area contributed by atoms with E-state index in [4.69, 9.17) is 9.47 Å². The molecule has 2 aromatic rings. The zero-order valence-electron chi connectivity index (χ0n) is 13.5. The molecule has 0 saturated carbocycles. The van der Waals surface area contributed by atoms with Gasteiger partial charge in [-0.15, -0.1) is 0 Å². The zero-order valence-corrected chi connectivity index (χ0v) is 13.5. The predicted octanol–water partition coefficient (Wildman–Crippen LogP) is 4.11. The zero-order chi connectivity index (χ0) is 16.1. The molecule has 22 heavy (non-hydrogen) atoms. The molecule has 0 fully saturated rings. The third-order valence-corrected chi connectivity index (χ3v) is 3.47. The molecule has 116 valence electrons. The number of ether oxygens (including phenoxy) is 2. The summed E-state index contributed by atoms with van der Waals surface area (Å²) >= 11 is 0. The molecule has 0 aliphatic carbocycles. The minimum atomic E-state index is -0.553. The van der Waals surface area contributed by atoms with Gasteiger partial charge in [-0.25, -0.2) is 0 Å². The van der Waals surface area contributed by atoms with E-state index in [9.17, 15) is 4.79 Å². The maximum Gasteiger partial charge on any atom is 0.212 e. The molecule has 3 heteroatoms. The van der Waals surface area contributed by atoms with Crippen LogP contribution in [0.1, 0.15) is 25.0 Å². The highest BCUT2D eigenvalue weighted by Crippen LogP contribution is 2.17. The van der Waals surface area contributed by atoms with Crippen LogP contribution >= 0.6 is 0 Å². The van der Waals surface area contributed by atoms with Gasteiger partial charge in [0.2, 0.25) is 5.78 Å². The smallest absolute Gasteiger partial charge is 0.212 e. The van der Waals surface area contributed by atoms with Crippen LogP contribution in [0.25, 0.3) is 0 Å². The van der Waals surface area contributed by atoms with Crippen LogP contribution in [0, 0.1) is 13.8 Å². The molecule has 2 aromatic carbocycles. The molecule has 2 atom stereocenters. The van der Waals surface area contributed by atoms with Crippen LogP contribution in [0.2, 0.25) is 0 Å². The van der Waals surface area contributed by atoms with E-state index < -0.39 is 12.2 Å². The van der Waals surface area contributed by atoms with Gasteiger partial charge in [0.25, 0.3) is 0 Å². The highest BCUT2D eigenvalue weighted by Gasteiger charge is 2.23. The molecule has 3 nitrogen and oxygen atoms in total. The molecule has 0 aliphatic heterocycles. The molecule has 0 spiro atoms. The van der Waals surface area contributed by atoms with E-state index in [-0.39, 0.29) is 5.78 Å². The monoisotopic (exact) mass is 298 g/mol. The van der Waals surface area contributed by atoms with Crippen molar-refractivity contribution in [3.05, 3.63) is 59.7 Å². The molecule has 0 aliphatic rings. The second-order valence-corrected chi connectivity index (χ2v) is 5.55. The van der Waals surface area contributed by atoms with Gasteiger partial charge in [-0.05, 0) is 52.0 Å². The molecule has 0 saturated heterocycles. The van der Waals surface area contributed by atoms with Crippen LogP contribution in [0.3, 0.4) is 0 Å². The number of aryl methyl sites for hydroxylation is 2. The summed E-state index contributed by atoms with van der Waals surface area (Å²) in [5.41, 5.74) is 2.31. The van der Waals surface area contributed by atoms with Crippen LogP contribution in [0.15, 0.2) is 48.5 Å². The maximum atomic E-state index is 12.3. The lowest BCUT2D eigenvalue weighted by Crippen LogP contribution is -2.35. The summed E-state index contributed by atoms with van der Waals surface area (Å²) in [7, 11) is 0. The Bertz CT molecular complexity index is 559. The minimum absolute atomic E-state index is 0.0823. The molecule has 2 rings (SSSR count). The van der Waals surface area contributed by atoms with Gasteiger partial charge in [0, 0.05) is 0 Å². The molecule has 0 N–H and O–H groups in total. The second kappa shape index (κ2) is 7.12. The van der Waals surface area contributed by atoms with E-state index >= 15 is 0 Å². The van der Waals surface area contributed by atoms with Crippen LogP contribution in [-0.2, 0) is 4.79 Å². The summed E-state index contributed by atoms with van der Waals surface area (Å²) in [6.45, 7) is 7.51. The Morgan fingerprint density at radius 3 is 1.36 bits per heavy atom. The van der Waals surface area contributed by atoms with Crippen molar-refractivity contribution < 1.29 is 14.3 Å². The van der Waals surface area contributed by atoms with Gasteiger partial charge in [0.05, 0.1) is 0 Å². The Labute approximate surface area is 131 Å². The standard InChI is InChI=1S/C19H22O3/c1-13-5-9-17(10-6-13)21-15(3)19(20)16(4)22-18-11-7-14(2)8-12-18/h5-12,15-16H,1-4H3/t15-,16-/m0/s1. The van der Waals surface area contributed by atoms with Gasteiger partial charge >= 0.3 is 0 Å². The summed E-state index contributed by atoms with van der Waals surface area (Å²) in [6.07, 6.45) is -1.11. The van der Waals surface area contributed by atoms with Crippen molar-refractivity contribution >= 4 is 5.78 Å². The molecule has 0 amide bonds. The first-order valence-electron chi connectivity index (χ1n) is 7.46. The number of rotatable bonds is 6. The second-order valence-electron chi connectivity index (χ2n) is 5.55. The molecule has 0 unspecified atom stereocenters. The summed E-state index contributed by atoms with van der Waals surface area (Å²) < 4.78 is 11.4. The van der Waals surface area contributed by atoms with Gasteiger partial charge in [-0.1, -0.05) is 35.4 Å².